The summed E-state index contributed by atoms with van der Waals surface area (Å²) in [5, 5.41) is 6.05. The summed E-state index contributed by atoms with van der Waals surface area (Å²) in [6.45, 7) is 4.71. The molecule has 8 nitrogen and oxygen atoms in total. The molecular formula is C24H29N5O3. The molecule has 1 aromatic carbocycles. The number of carbonyl (C=O) groups is 2. The van der Waals surface area contributed by atoms with E-state index in [9.17, 15) is 9.59 Å². The number of amides is 2. The molecular weight excluding hydrogens is 406 g/mol. The van der Waals surface area contributed by atoms with Crippen LogP contribution >= 0.6 is 0 Å². The monoisotopic (exact) mass is 435 g/mol. The van der Waals surface area contributed by atoms with Crippen LogP contribution < -0.4 is 15.4 Å². The molecule has 1 saturated carbocycles. The van der Waals surface area contributed by atoms with E-state index in [1.807, 2.05) is 4.90 Å². The highest BCUT2D eigenvalue weighted by Gasteiger charge is 2.25. The van der Waals surface area contributed by atoms with Gasteiger partial charge in [0.25, 0.3) is 5.91 Å². The minimum Gasteiger partial charge on any atom is -0.474 e. The fraction of sp³-hybridized carbons (Fsp3) is 0.417. The number of nitrogens with one attached hydrogen (secondary N) is 2. The van der Waals surface area contributed by atoms with Crippen molar-refractivity contribution in [2.24, 2.45) is 0 Å². The molecule has 2 aromatic rings. The number of carbonyl (C=O) groups excluding carboxylic acids is 2. The second-order valence-corrected chi connectivity index (χ2v) is 8.25. The molecule has 32 heavy (non-hydrogen) atoms. The predicted octanol–water partition coefficient (Wildman–Crippen LogP) is 3.64. The van der Waals surface area contributed by atoms with E-state index in [2.05, 4.69) is 27.2 Å². The molecule has 0 spiro atoms. The van der Waals surface area contributed by atoms with Crippen molar-refractivity contribution in [2.45, 2.75) is 50.7 Å². The third-order valence-corrected chi connectivity index (χ3v) is 5.85. The lowest BCUT2D eigenvalue weighted by Crippen LogP contribution is -2.45. The lowest BCUT2D eigenvalue weighted by atomic mass is 10.0. The van der Waals surface area contributed by atoms with Crippen molar-refractivity contribution in [3.63, 3.8) is 0 Å². The number of anilines is 2. The molecule has 2 aliphatic rings. The summed E-state index contributed by atoms with van der Waals surface area (Å²) in [5.41, 5.74) is 1.21. The van der Waals surface area contributed by atoms with Crippen molar-refractivity contribution >= 4 is 23.5 Å². The third-order valence-electron chi connectivity index (χ3n) is 5.85. The molecule has 8 heteroatoms. The van der Waals surface area contributed by atoms with Crippen LogP contribution in [0.4, 0.5) is 11.6 Å². The van der Waals surface area contributed by atoms with Gasteiger partial charge in [-0.15, -0.1) is 0 Å². The zero-order valence-corrected chi connectivity index (χ0v) is 18.1. The summed E-state index contributed by atoms with van der Waals surface area (Å²) in [6, 6.07) is 8.76. The van der Waals surface area contributed by atoms with Crippen molar-refractivity contribution in [3.05, 3.63) is 54.7 Å². The topological polar surface area (TPSA) is 96.5 Å². The van der Waals surface area contributed by atoms with Gasteiger partial charge in [-0.25, -0.2) is 4.98 Å². The molecule has 2 amide bonds. The largest absolute Gasteiger partial charge is 0.474 e. The quantitative estimate of drug-likeness (QED) is 0.645. The van der Waals surface area contributed by atoms with E-state index < -0.39 is 0 Å². The lowest BCUT2D eigenvalue weighted by molar-refractivity contribution is -0.111. The smallest absolute Gasteiger partial charge is 0.253 e. The third kappa shape index (κ3) is 5.63. The first-order valence-electron chi connectivity index (χ1n) is 11.2. The highest BCUT2D eigenvalue weighted by molar-refractivity contribution is 5.99. The van der Waals surface area contributed by atoms with Gasteiger partial charge in [-0.05, 0) is 68.9 Å². The Morgan fingerprint density at radius 2 is 1.88 bits per heavy atom. The zero-order chi connectivity index (χ0) is 22.3. The van der Waals surface area contributed by atoms with E-state index in [1.54, 1.807) is 36.5 Å². The first-order valence-corrected chi connectivity index (χ1v) is 11.2. The average molecular weight is 436 g/mol. The van der Waals surface area contributed by atoms with Crippen molar-refractivity contribution in [1.82, 2.24) is 14.9 Å². The van der Waals surface area contributed by atoms with Crippen molar-refractivity contribution in [2.75, 3.05) is 23.7 Å². The number of nitrogens with zero attached hydrogens (tertiary/aromatic N) is 3. The van der Waals surface area contributed by atoms with E-state index in [-0.39, 0.29) is 24.0 Å². The van der Waals surface area contributed by atoms with E-state index in [0.29, 0.717) is 36.2 Å². The van der Waals surface area contributed by atoms with Crippen LogP contribution in [0.15, 0.2) is 49.2 Å². The van der Waals surface area contributed by atoms with Crippen LogP contribution in [0.25, 0.3) is 0 Å². The molecule has 0 radical (unpaired) electrons. The summed E-state index contributed by atoms with van der Waals surface area (Å²) < 4.78 is 5.98. The van der Waals surface area contributed by atoms with Gasteiger partial charge in [-0.2, -0.15) is 4.98 Å². The maximum absolute atomic E-state index is 13.0. The standard InChI is InChI=1S/C24H29N5O3/c1-2-21(30)26-18-11-9-17(10-12-18)23(31)29-15-5-6-19(16-29)27-24-25-14-13-22(28-24)32-20-7-3-4-8-20/h2,9-14,19-20H,1,3-8,15-16H2,(H,26,30)(H,25,27,28). The van der Waals surface area contributed by atoms with Crippen LogP contribution in [0, 0.1) is 0 Å². The summed E-state index contributed by atoms with van der Waals surface area (Å²) >= 11 is 0. The normalized spacial score (nSPS) is 18.8. The molecule has 4 rings (SSSR count). The molecule has 1 aliphatic carbocycles. The van der Waals surface area contributed by atoms with Gasteiger partial charge in [0.2, 0.25) is 17.7 Å². The van der Waals surface area contributed by atoms with Crippen molar-refractivity contribution < 1.29 is 14.3 Å². The van der Waals surface area contributed by atoms with Crippen LogP contribution in [-0.4, -0.2) is 51.9 Å². The van der Waals surface area contributed by atoms with Gasteiger partial charge in [0.1, 0.15) is 6.10 Å². The molecule has 2 N–H and O–H groups in total. The molecule has 1 aliphatic heterocycles. The van der Waals surface area contributed by atoms with E-state index in [4.69, 9.17) is 4.74 Å². The molecule has 168 valence electrons. The first-order chi connectivity index (χ1) is 15.6. The molecule has 0 bridgehead atoms. The molecule has 1 aromatic heterocycles. The Morgan fingerprint density at radius 3 is 2.62 bits per heavy atom. The van der Waals surface area contributed by atoms with Crippen LogP contribution in [0.2, 0.25) is 0 Å². The Hall–Kier alpha value is -3.42. The van der Waals surface area contributed by atoms with Gasteiger partial charge in [0.15, 0.2) is 0 Å². The molecule has 1 atom stereocenters. The maximum Gasteiger partial charge on any atom is 0.253 e. The number of aromatic nitrogens is 2. The van der Waals surface area contributed by atoms with Gasteiger partial charge in [0, 0.05) is 42.6 Å². The summed E-state index contributed by atoms with van der Waals surface area (Å²) in [4.78, 5) is 35.1. The minimum atomic E-state index is -0.283. The zero-order valence-electron chi connectivity index (χ0n) is 18.1. The van der Waals surface area contributed by atoms with E-state index in [0.717, 1.165) is 25.7 Å². The summed E-state index contributed by atoms with van der Waals surface area (Å²) in [7, 11) is 0. The minimum absolute atomic E-state index is 0.0302. The molecule has 2 heterocycles. The fourth-order valence-electron chi connectivity index (χ4n) is 4.19. The number of hydrogen-bond donors (Lipinski definition) is 2. The van der Waals surface area contributed by atoms with Crippen molar-refractivity contribution in [3.8, 4) is 5.88 Å². The van der Waals surface area contributed by atoms with Crippen LogP contribution in [0.3, 0.4) is 0 Å². The SMILES string of the molecule is C=CC(=O)Nc1ccc(C(=O)N2CCCC(Nc3nccc(OC4CCCC4)n3)C2)cc1. The second kappa shape index (κ2) is 10.3. The highest BCUT2D eigenvalue weighted by atomic mass is 16.5. The average Bonchev–Trinajstić information content (AvgIpc) is 3.32. The van der Waals surface area contributed by atoms with Crippen LogP contribution in [-0.2, 0) is 4.79 Å². The molecule has 2 fully saturated rings. The Kier molecular flexibility index (Phi) is 6.99. The molecule has 1 unspecified atom stereocenters. The Morgan fingerprint density at radius 1 is 1.09 bits per heavy atom. The highest BCUT2D eigenvalue weighted by Crippen LogP contribution is 2.24. The second-order valence-electron chi connectivity index (χ2n) is 8.25. The van der Waals surface area contributed by atoms with Gasteiger partial charge in [-0.1, -0.05) is 6.58 Å². The summed E-state index contributed by atoms with van der Waals surface area (Å²) in [5.74, 6) is 0.815. The van der Waals surface area contributed by atoms with E-state index in [1.165, 1.54) is 18.9 Å². The number of ether oxygens (including phenoxy) is 1. The Bertz CT molecular complexity index is 956. The lowest BCUT2D eigenvalue weighted by Gasteiger charge is -2.33. The van der Waals surface area contributed by atoms with Crippen LogP contribution in [0.5, 0.6) is 5.88 Å². The molecule has 1 saturated heterocycles. The van der Waals surface area contributed by atoms with Gasteiger partial charge in [-0.3, -0.25) is 9.59 Å². The number of benzene rings is 1. The number of hydrogen-bond acceptors (Lipinski definition) is 6. The van der Waals surface area contributed by atoms with Gasteiger partial charge < -0.3 is 20.3 Å². The fourth-order valence-corrected chi connectivity index (χ4v) is 4.19. The van der Waals surface area contributed by atoms with Gasteiger partial charge in [0.05, 0.1) is 0 Å². The first kappa shape index (κ1) is 21.8. The van der Waals surface area contributed by atoms with E-state index >= 15 is 0 Å². The predicted molar refractivity (Wildman–Crippen MR) is 123 cm³/mol. The summed E-state index contributed by atoms with van der Waals surface area (Å²) in [6.07, 6.45) is 9.57. The van der Waals surface area contributed by atoms with Crippen molar-refractivity contribution in [1.29, 1.82) is 0 Å². The van der Waals surface area contributed by atoms with Gasteiger partial charge >= 0.3 is 0 Å². The Balaban J connectivity index is 1.34. The van der Waals surface area contributed by atoms with Crippen LogP contribution in [0.1, 0.15) is 48.9 Å². The number of likely N-dealkylation sites (tertiary alicyclic amines) is 1. The maximum atomic E-state index is 13.0. The Labute approximate surface area is 188 Å². The number of piperidine rings is 1. The number of rotatable bonds is 7.